The van der Waals surface area contributed by atoms with E-state index in [1.165, 1.54) is 5.56 Å². The number of benzene rings is 2. The molecule has 0 unspecified atom stereocenters. The van der Waals surface area contributed by atoms with Crippen molar-refractivity contribution in [3.8, 4) is 5.75 Å². The number of rotatable bonds is 3. The van der Waals surface area contributed by atoms with Gasteiger partial charge in [0.15, 0.2) is 6.61 Å². The fraction of sp³-hybridized carbons (Fsp3) is 0.304. The molecule has 1 amide bonds. The number of ether oxygens (including phenoxy) is 1. The van der Waals surface area contributed by atoms with E-state index in [2.05, 4.69) is 6.07 Å². The van der Waals surface area contributed by atoms with Crippen molar-refractivity contribution >= 4 is 22.6 Å². The Morgan fingerprint density at radius 2 is 2.00 bits per heavy atom. The topological polar surface area (TPSA) is 59.8 Å². The molecular weight excluding hydrogens is 354 g/mol. The standard InChI is InChI=1S/C23H21NO4/c1-14-11-15-5-2-3-8-20(15)24(14)22(25)13-27-16-9-10-18-17-6-4-7-19(17)23(26)28-21(18)12-16/h2-3,5,8-10,12,14H,4,6-7,11,13H2,1H3/t14-/m0/s1. The molecule has 0 saturated carbocycles. The van der Waals surface area contributed by atoms with Crippen molar-refractivity contribution < 1.29 is 13.9 Å². The predicted octanol–water partition coefficient (Wildman–Crippen LogP) is 3.64. The van der Waals surface area contributed by atoms with Crippen LogP contribution in [0.3, 0.4) is 0 Å². The molecule has 0 bridgehead atoms. The number of hydrogen-bond donors (Lipinski definition) is 0. The molecule has 0 fully saturated rings. The second-order valence-corrected chi connectivity index (χ2v) is 7.59. The zero-order valence-electron chi connectivity index (χ0n) is 15.7. The van der Waals surface area contributed by atoms with E-state index in [1.807, 2.05) is 42.2 Å². The summed E-state index contributed by atoms with van der Waals surface area (Å²) in [6.45, 7) is 1.99. The number of amides is 1. The lowest BCUT2D eigenvalue weighted by Gasteiger charge is -2.22. The van der Waals surface area contributed by atoms with E-state index in [4.69, 9.17) is 9.15 Å². The Labute approximate surface area is 162 Å². The van der Waals surface area contributed by atoms with Gasteiger partial charge in [0.25, 0.3) is 5.91 Å². The Kier molecular flexibility index (Phi) is 3.97. The maximum atomic E-state index is 12.8. The van der Waals surface area contributed by atoms with Crippen LogP contribution in [0, 0.1) is 0 Å². The quantitative estimate of drug-likeness (QED) is 0.656. The predicted molar refractivity (Wildman–Crippen MR) is 107 cm³/mol. The van der Waals surface area contributed by atoms with Gasteiger partial charge in [0.1, 0.15) is 11.3 Å². The van der Waals surface area contributed by atoms with Gasteiger partial charge in [-0.25, -0.2) is 4.79 Å². The fourth-order valence-electron chi connectivity index (χ4n) is 4.51. The van der Waals surface area contributed by atoms with Crippen LogP contribution in [-0.2, 0) is 24.1 Å². The molecule has 0 saturated heterocycles. The Hall–Kier alpha value is -3.08. The summed E-state index contributed by atoms with van der Waals surface area (Å²) >= 11 is 0. The molecular formula is C23H21NO4. The average molecular weight is 375 g/mol. The molecule has 28 heavy (non-hydrogen) atoms. The summed E-state index contributed by atoms with van der Waals surface area (Å²) in [7, 11) is 0. The molecule has 2 aliphatic rings. The van der Waals surface area contributed by atoms with Gasteiger partial charge in [-0.1, -0.05) is 18.2 Å². The van der Waals surface area contributed by atoms with Crippen molar-refractivity contribution in [2.75, 3.05) is 11.5 Å². The fourth-order valence-corrected chi connectivity index (χ4v) is 4.51. The zero-order valence-corrected chi connectivity index (χ0v) is 15.7. The van der Waals surface area contributed by atoms with Gasteiger partial charge < -0.3 is 14.1 Å². The summed E-state index contributed by atoms with van der Waals surface area (Å²) in [5.74, 6) is 0.454. The minimum Gasteiger partial charge on any atom is -0.484 e. The molecule has 0 N–H and O–H groups in total. The van der Waals surface area contributed by atoms with Crippen LogP contribution in [0.1, 0.15) is 30.0 Å². The number of aryl methyl sites for hydroxylation is 1. The third-order valence-electron chi connectivity index (χ3n) is 5.78. The normalized spacial score (nSPS) is 17.6. The highest BCUT2D eigenvalue weighted by atomic mass is 16.5. The number of carbonyl (C=O) groups is 1. The second-order valence-electron chi connectivity index (χ2n) is 7.59. The Balaban J connectivity index is 1.37. The molecule has 1 aliphatic carbocycles. The van der Waals surface area contributed by atoms with E-state index in [0.717, 1.165) is 47.9 Å². The van der Waals surface area contributed by atoms with E-state index in [0.29, 0.717) is 11.3 Å². The molecule has 0 radical (unpaired) electrons. The first-order valence-electron chi connectivity index (χ1n) is 9.73. The maximum Gasteiger partial charge on any atom is 0.339 e. The summed E-state index contributed by atoms with van der Waals surface area (Å²) in [5.41, 5.74) is 4.31. The number of hydrogen-bond acceptors (Lipinski definition) is 4. The summed E-state index contributed by atoms with van der Waals surface area (Å²) < 4.78 is 11.2. The third kappa shape index (κ3) is 2.70. The van der Waals surface area contributed by atoms with Crippen LogP contribution in [0.2, 0.25) is 0 Å². The number of carbonyl (C=O) groups excluding carboxylic acids is 1. The molecule has 2 heterocycles. The number of fused-ring (bicyclic) bond motifs is 4. The van der Waals surface area contributed by atoms with Crippen LogP contribution in [0.4, 0.5) is 5.69 Å². The van der Waals surface area contributed by atoms with Gasteiger partial charge in [0.2, 0.25) is 0 Å². The molecule has 0 spiro atoms. The van der Waals surface area contributed by atoms with Gasteiger partial charge in [-0.05, 0) is 61.9 Å². The first-order valence-corrected chi connectivity index (χ1v) is 9.73. The Bertz CT molecular complexity index is 1150. The molecule has 142 valence electrons. The molecule has 1 aromatic heterocycles. The molecule has 5 heteroatoms. The van der Waals surface area contributed by atoms with E-state index < -0.39 is 0 Å². The molecule has 3 aromatic rings. The first kappa shape index (κ1) is 17.0. The summed E-state index contributed by atoms with van der Waals surface area (Å²) in [6.07, 6.45) is 3.54. The highest BCUT2D eigenvalue weighted by Crippen LogP contribution is 2.32. The number of anilines is 1. The van der Waals surface area contributed by atoms with Crippen molar-refractivity contribution in [1.29, 1.82) is 0 Å². The van der Waals surface area contributed by atoms with Crippen LogP contribution in [-0.4, -0.2) is 18.6 Å². The third-order valence-corrected chi connectivity index (χ3v) is 5.78. The monoisotopic (exact) mass is 375 g/mol. The lowest BCUT2D eigenvalue weighted by Crippen LogP contribution is -2.39. The van der Waals surface area contributed by atoms with Gasteiger partial charge >= 0.3 is 5.63 Å². The van der Waals surface area contributed by atoms with Crippen molar-refractivity contribution in [1.82, 2.24) is 0 Å². The Morgan fingerprint density at radius 3 is 2.89 bits per heavy atom. The summed E-state index contributed by atoms with van der Waals surface area (Å²) in [6, 6.07) is 13.6. The van der Waals surface area contributed by atoms with Crippen LogP contribution >= 0.6 is 0 Å². The summed E-state index contributed by atoms with van der Waals surface area (Å²) in [5, 5.41) is 0.966. The molecule has 1 aliphatic heterocycles. The van der Waals surface area contributed by atoms with Gasteiger partial charge in [0.05, 0.1) is 0 Å². The van der Waals surface area contributed by atoms with E-state index in [1.54, 1.807) is 6.07 Å². The van der Waals surface area contributed by atoms with Gasteiger partial charge in [-0.3, -0.25) is 4.79 Å². The lowest BCUT2D eigenvalue weighted by molar-refractivity contribution is -0.120. The largest absolute Gasteiger partial charge is 0.484 e. The van der Waals surface area contributed by atoms with Crippen molar-refractivity contribution in [2.45, 2.75) is 38.6 Å². The molecule has 5 nitrogen and oxygen atoms in total. The smallest absolute Gasteiger partial charge is 0.339 e. The first-order chi connectivity index (χ1) is 13.6. The second kappa shape index (κ2) is 6.51. The van der Waals surface area contributed by atoms with Crippen LogP contribution in [0.5, 0.6) is 5.75 Å². The average Bonchev–Trinajstić information content (AvgIpc) is 3.30. The lowest BCUT2D eigenvalue weighted by atomic mass is 10.1. The Morgan fingerprint density at radius 1 is 1.18 bits per heavy atom. The van der Waals surface area contributed by atoms with Crippen molar-refractivity contribution in [3.05, 3.63) is 69.6 Å². The highest BCUT2D eigenvalue weighted by Gasteiger charge is 2.30. The van der Waals surface area contributed by atoms with E-state index in [9.17, 15) is 9.59 Å². The minimum absolute atomic E-state index is 0.0562. The van der Waals surface area contributed by atoms with Crippen LogP contribution in [0.25, 0.3) is 11.0 Å². The summed E-state index contributed by atoms with van der Waals surface area (Å²) in [4.78, 5) is 26.8. The highest BCUT2D eigenvalue weighted by molar-refractivity contribution is 5.97. The zero-order chi connectivity index (χ0) is 19.3. The maximum absolute atomic E-state index is 12.8. The number of nitrogens with zero attached hydrogens (tertiary/aromatic N) is 1. The minimum atomic E-state index is -0.254. The van der Waals surface area contributed by atoms with Crippen LogP contribution in [0.15, 0.2) is 51.7 Å². The van der Waals surface area contributed by atoms with Gasteiger partial charge in [0, 0.05) is 28.7 Å². The van der Waals surface area contributed by atoms with E-state index >= 15 is 0 Å². The molecule has 1 atom stereocenters. The van der Waals surface area contributed by atoms with Gasteiger partial charge in [-0.2, -0.15) is 0 Å². The van der Waals surface area contributed by atoms with Crippen molar-refractivity contribution in [3.63, 3.8) is 0 Å². The van der Waals surface area contributed by atoms with Crippen molar-refractivity contribution in [2.24, 2.45) is 0 Å². The van der Waals surface area contributed by atoms with Gasteiger partial charge in [-0.15, -0.1) is 0 Å². The number of para-hydroxylation sites is 1. The van der Waals surface area contributed by atoms with Crippen LogP contribution < -0.4 is 15.3 Å². The van der Waals surface area contributed by atoms with E-state index in [-0.39, 0.29) is 24.2 Å². The molecule has 5 rings (SSSR count). The molecule has 2 aromatic carbocycles. The SMILES string of the molecule is C[C@H]1Cc2ccccc2N1C(=O)COc1ccc2c3c(c(=O)oc2c1)CCC3.